The van der Waals surface area contributed by atoms with Crippen LogP contribution in [-0.2, 0) is 14.8 Å². The summed E-state index contributed by atoms with van der Waals surface area (Å²) in [5, 5.41) is 2.97. The van der Waals surface area contributed by atoms with Gasteiger partial charge in [0.1, 0.15) is 0 Å². The maximum absolute atomic E-state index is 12.0. The molecular weight excluding hydrogens is 276 g/mol. The van der Waals surface area contributed by atoms with E-state index in [0.29, 0.717) is 6.54 Å². The van der Waals surface area contributed by atoms with Crippen molar-refractivity contribution in [3.63, 3.8) is 0 Å². The first-order chi connectivity index (χ1) is 9.43. The number of unbranched alkanes of at least 4 members (excludes halogenated alkanes) is 2. The average molecular weight is 304 g/mol. The van der Waals surface area contributed by atoms with E-state index in [9.17, 15) is 13.2 Å². The van der Waals surface area contributed by atoms with Crippen LogP contribution in [0.25, 0.3) is 0 Å². The van der Waals surface area contributed by atoms with Crippen molar-refractivity contribution in [3.8, 4) is 0 Å². The molecule has 1 aliphatic carbocycles. The van der Waals surface area contributed by atoms with Crippen LogP contribution in [0.3, 0.4) is 0 Å². The van der Waals surface area contributed by atoms with Gasteiger partial charge in [0.2, 0.25) is 15.9 Å². The lowest BCUT2D eigenvalue weighted by Crippen LogP contribution is -2.44. The number of nitrogens with zero attached hydrogens (tertiary/aromatic N) is 1. The highest BCUT2D eigenvalue weighted by Gasteiger charge is 2.22. The molecule has 0 radical (unpaired) electrons. The molecule has 0 aliphatic heterocycles. The van der Waals surface area contributed by atoms with E-state index in [2.05, 4.69) is 12.2 Å². The zero-order valence-electron chi connectivity index (χ0n) is 12.7. The standard InChI is InChI=1S/C14H28N2O3S/c1-3-4-8-11-16(20(2,18)19)12-14(17)15-13-9-6-5-7-10-13/h13H,3-12H2,1-2H3,(H,15,17). The second-order valence-electron chi connectivity index (χ2n) is 5.71. The van der Waals surface area contributed by atoms with E-state index in [-0.39, 0.29) is 18.5 Å². The van der Waals surface area contributed by atoms with E-state index in [0.717, 1.165) is 44.9 Å². The predicted octanol–water partition coefficient (Wildman–Crippen LogP) is 1.89. The van der Waals surface area contributed by atoms with Crippen LogP contribution in [0.15, 0.2) is 0 Å². The third-order valence-electron chi connectivity index (χ3n) is 3.77. The maximum atomic E-state index is 12.0. The van der Waals surface area contributed by atoms with Crippen molar-refractivity contribution in [2.75, 3.05) is 19.3 Å². The van der Waals surface area contributed by atoms with Crippen LogP contribution in [0.5, 0.6) is 0 Å². The Labute approximate surface area is 123 Å². The summed E-state index contributed by atoms with van der Waals surface area (Å²) in [6, 6.07) is 0.230. The van der Waals surface area contributed by atoms with E-state index in [1.54, 1.807) is 0 Å². The molecular formula is C14H28N2O3S. The molecule has 6 heteroatoms. The van der Waals surface area contributed by atoms with Crippen LogP contribution in [0.1, 0.15) is 58.3 Å². The number of carbonyl (C=O) groups excluding carboxylic acids is 1. The normalized spacial score (nSPS) is 17.4. The van der Waals surface area contributed by atoms with Crippen LogP contribution in [0, 0.1) is 0 Å². The summed E-state index contributed by atoms with van der Waals surface area (Å²) in [6.45, 7) is 2.46. The molecule has 0 aromatic rings. The van der Waals surface area contributed by atoms with Crippen molar-refractivity contribution >= 4 is 15.9 Å². The van der Waals surface area contributed by atoms with Crippen LogP contribution in [0.2, 0.25) is 0 Å². The largest absolute Gasteiger partial charge is 0.352 e. The number of rotatable bonds is 8. The number of amides is 1. The molecule has 1 N–H and O–H groups in total. The lowest BCUT2D eigenvalue weighted by Gasteiger charge is -2.25. The molecule has 0 atom stereocenters. The van der Waals surface area contributed by atoms with E-state index in [1.807, 2.05) is 0 Å². The van der Waals surface area contributed by atoms with Crippen LogP contribution in [0.4, 0.5) is 0 Å². The molecule has 1 rings (SSSR count). The zero-order valence-corrected chi connectivity index (χ0v) is 13.5. The average Bonchev–Trinajstić information content (AvgIpc) is 2.38. The van der Waals surface area contributed by atoms with Crippen LogP contribution >= 0.6 is 0 Å². The van der Waals surface area contributed by atoms with Gasteiger partial charge in [-0.3, -0.25) is 4.79 Å². The fraction of sp³-hybridized carbons (Fsp3) is 0.929. The predicted molar refractivity (Wildman–Crippen MR) is 81.0 cm³/mol. The molecule has 0 unspecified atom stereocenters. The van der Waals surface area contributed by atoms with Gasteiger partial charge < -0.3 is 5.32 Å². The maximum Gasteiger partial charge on any atom is 0.235 e. The van der Waals surface area contributed by atoms with Crippen molar-refractivity contribution in [1.82, 2.24) is 9.62 Å². The van der Waals surface area contributed by atoms with Gasteiger partial charge in [-0.2, -0.15) is 4.31 Å². The Morgan fingerprint density at radius 1 is 1.20 bits per heavy atom. The summed E-state index contributed by atoms with van der Waals surface area (Å²) in [5.74, 6) is -0.168. The molecule has 0 heterocycles. The summed E-state index contributed by atoms with van der Waals surface area (Å²) in [7, 11) is -3.31. The van der Waals surface area contributed by atoms with Crippen molar-refractivity contribution in [2.24, 2.45) is 0 Å². The summed E-state index contributed by atoms with van der Waals surface area (Å²) >= 11 is 0. The Kier molecular flexibility index (Phi) is 7.51. The van der Waals surface area contributed by atoms with Crippen LogP contribution in [-0.4, -0.2) is 44.0 Å². The van der Waals surface area contributed by atoms with Crippen molar-refractivity contribution in [2.45, 2.75) is 64.3 Å². The fourth-order valence-corrected chi connectivity index (χ4v) is 3.39. The number of hydrogen-bond acceptors (Lipinski definition) is 3. The van der Waals surface area contributed by atoms with E-state index < -0.39 is 10.0 Å². The first-order valence-electron chi connectivity index (χ1n) is 7.68. The van der Waals surface area contributed by atoms with Gasteiger partial charge in [0.05, 0.1) is 12.8 Å². The summed E-state index contributed by atoms with van der Waals surface area (Å²) in [6.07, 6.45) is 9.56. The minimum atomic E-state index is -3.31. The molecule has 0 aromatic heterocycles. The molecule has 0 spiro atoms. The Balaban J connectivity index is 2.44. The molecule has 0 aromatic carbocycles. The van der Waals surface area contributed by atoms with Crippen LogP contribution < -0.4 is 5.32 Å². The highest BCUT2D eigenvalue weighted by molar-refractivity contribution is 7.88. The SMILES string of the molecule is CCCCCN(CC(=O)NC1CCCCC1)S(C)(=O)=O. The first-order valence-corrected chi connectivity index (χ1v) is 9.52. The van der Waals surface area contributed by atoms with Gasteiger partial charge >= 0.3 is 0 Å². The van der Waals surface area contributed by atoms with Crippen molar-refractivity contribution in [1.29, 1.82) is 0 Å². The second-order valence-corrected chi connectivity index (χ2v) is 7.69. The number of nitrogens with one attached hydrogen (secondary N) is 1. The minimum absolute atomic E-state index is 0.0426. The van der Waals surface area contributed by atoms with Gasteiger partial charge in [-0.1, -0.05) is 39.0 Å². The summed E-state index contributed by atoms with van der Waals surface area (Å²) < 4.78 is 24.7. The number of sulfonamides is 1. The monoisotopic (exact) mass is 304 g/mol. The molecule has 5 nitrogen and oxygen atoms in total. The highest BCUT2D eigenvalue weighted by Crippen LogP contribution is 2.17. The molecule has 1 fully saturated rings. The Hall–Kier alpha value is -0.620. The van der Waals surface area contributed by atoms with E-state index in [1.165, 1.54) is 17.0 Å². The van der Waals surface area contributed by atoms with E-state index >= 15 is 0 Å². The summed E-state index contributed by atoms with van der Waals surface area (Å²) in [5.41, 5.74) is 0. The zero-order chi connectivity index (χ0) is 15.0. The molecule has 1 amide bonds. The highest BCUT2D eigenvalue weighted by atomic mass is 32.2. The molecule has 1 aliphatic rings. The molecule has 20 heavy (non-hydrogen) atoms. The molecule has 1 saturated carbocycles. The Morgan fingerprint density at radius 2 is 1.85 bits per heavy atom. The lowest BCUT2D eigenvalue weighted by molar-refractivity contribution is -0.122. The van der Waals surface area contributed by atoms with Gasteiger partial charge in [0.15, 0.2) is 0 Å². The van der Waals surface area contributed by atoms with Gasteiger partial charge in [-0.05, 0) is 19.3 Å². The Bertz CT molecular complexity index is 389. The van der Waals surface area contributed by atoms with Gasteiger partial charge in [0.25, 0.3) is 0 Å². The molecule has 118 valence electrons. The third-order valence-corrected chi connectivity index (χ3v) is 5.02. The fourth-order valence-electron chi connectivity index (χ4n) is 2.58. The smallest absolute Gasteiger partial charge is 0.235 e. The quantitative estimate of drug-likeness (QED) is 0.696. The topological polar surface area (TPSA) is 66.5 Å². The molecule has 0 bridgehead atoms. The van der Waals surface area contributed by atoms with E-state index in [4.69, 9.17) is 0 Å². The minimum Gasteiger partial charge on any atom is -0.352 e. The van der Waals surface area contributed by atoms with Crippen molar-refractivity contribution < 1.29 is 13.2 Å². The van der Waals surface area contributed by atoms with Gasteiger partial charge in [0, 0.05) is 12.6 Å². The van der Waals surface area contributed by atoms with Gasteiger partial charge in [-0.25, -0.2) is 8.42 Å². The number of carbonyl (C=O) groups is 1. The third kappa shape index (κ3) is 6.70. The lowest BCUT2D eigenvalue weighted by atomic mass is 9.95. The summed E-state index contributed by atoms with van der Waals surface area (Å²) in [4.78, 5) is 12.0. The first kappa shape index (κ1) is 17.4. The van der Waals surface area contributed by atoms with Gasteiger partial charge in [-0.15, -0.1) is 0 Å². The molecule has 0 saturated heterocycles. The second kappa shape index (κ2) is 8.62. The number of hydrogen-bond donors (Lipinski definition) is 1. The Morgan fingerprint density at radius 3 is 2.40 bits per heavy atom. The van der Waals surface area contributed by atoms with Crippen molar-refractivity contribution in [3.05, 3.63) is 0 Å².